The van der Waals surface area contributed by atoms with E-state index in [2.05, 4.69) is 4.72 Å². The van der Waals surface area contributed by atoms with Gasteiger partial charge in [0.1, 0.15) is 0 Å². The van der Waals surface area contributed by atoms with Crippen LogP contribution in [-0.2, 0) is 20.5 Å². The summed E-state index contributed by atoms with van der Waals surface area (Å²) in [7, 11) is -3.32. The molecule has 3 N–H and O–H groups in total. The van der Waals surface area contributed by atoms with Crippen molar-refractivity contribution in [1.29, 1.82) is 0 Å². The number of hydrogen-bond acceptors (Lipinski definition) is 4. The van der Waals surface area contributed by atoms with E-state index in [4.69, 9.17) is 10.5 Å². The molecule has 5 nitrogen and oxygen atoms in total. The molecule has 1 heterocycles. The average molecular weight is 270 g/mol. The van der Waals surface area contributed by atoms with Gasteiger partial charge in [-0.3, -0.25) is 0 Å². The fraction of sp³-hybridized carbons (Fsp3) is 0.500. The summed E-state index contributed by atoms with van der Waals surface area (Å²) >= 11 is 0. The standard InChI is InChI=1S/C12H18N2O3S/c13-11-5-3-10(4-6-11)9-18(15,16)14-12-2-1-7-17-8-12/h3-6,12,14H,1-2,7-9,13H2. The van der Waals surface area contributed by atoms with Gasteiger partial charge in [-0.15, -0.1) is 0 Å². The molecule has 1 aromatic carbocycles. The lowest BCUT2D eigenvalue weighted by atomic mass is 10.1. The van der Waals surface area contributed by atoms with Crippen molar-refractivity contribution in [3.8, 4) is 0 Å². The van der Waals surface area contributed by atoms with Crippen LogP contribution in [0.15, 0.2) is 24.3 Å². The predicted octanol–water partition coefficient (Wildman–Crippen LogP) is 0.867. The minimum absolute atomic E-state index is 0.0240. The molecule has 1 aliphatic rings. The third-order valence-corrected chi connectivity index (χ3v) is 4.25. The maximum Gasteiger partial charge on any atom is 0.216 e. The summed E-state index contributed by atoms with van der Waals surface area (Å²) in [6.45, 7) is 1.18. The SMILES string of the molecule is Nc1ccc(CS(=O)(=O)NC2CCCOC2)cc1. The van der Waals surface area contributed by atoms with E-state index in [1.54, 1.807) is 24.3 Å². The van der Waals surface area contributed by atoms with Gasteiger partial charge in [-0.2, -0.15) is 0 Å². The number of nitrogens with two attached hydrogens (primary N) is 1. The van der Waals surface area contributed by atoms with Gasteiger partial charge < -0.3 is 10.5 Å². The van der Waals surface area contributed by atoms with Crippen LogP contribution in [0.1, 0.15) is 18.4 Å². The molecule has 1 fully saturated rings. The van der Waals surface area contributed by atoms with E-state index in [0.717, 1.165) is 25.0 Å². The molecule has 0 saturated carbocycles. The van der Waals surface area contributed by atoms with E-state index >= 15 is 0 Å². The Kier molecular flexibility index (Phi) is 4.21. The van der Waals surface area contributed by atoms with Crippen LogP contribution < -0.4 is 10.5 Å². The van der Waals surface area contributed by atoms with Gasteiger partial charge in [-0.1, -0.05) is 12.1 Å². The van der Waals surface area contributed by atoms with Gasteiger partial charge in [0.15, 0.2) is 0 Å². The monoisotopic (exact) mass is 270 g/mol. The number of sulfonamides is 1. The Morgan fingerprint density at radius 3 is 2.67 bits per heavy atom. The molecule has 1 atom stereocenters. The van der Waals surface area contributed by atoms with Crippen LogP contribution in [0.25, 0.3) is 0 Å². The van der Waals surface area contributed by atoms with Crippen LogP contribution in [0.4, 0.5) is 5.69 Å². The summed E-state index contributed by atoms with van der Waals surface area (Å²) in [6, 6.07) is 6.76. The third-order valence-electron chi connectivity index (χ3n) is 2.84. The Bertz CT molecular complexity index is 479. The number of nitrogens with one attached hydrogen (secondary N) is 1. The summed E-state index contributed by atoms with van der Waals surface area (Å²) in [5, 5.41) is 0. The highest BCUT2D eigenvalue weighted by molar-refractivity contribution is 7.88. The van der Waals surface area contributed by atoms with E-state index in [0.29, 0.717) is 12.3 Å². The van der Waals surface area contributed by atoms with Crippen LogP contribution >= 0.6 is 0 Å². The number of rotatable bonds is 4. The fourth-order valence-corrected chi connectivity index (χ4v) is 3.37. The highest BCUT2D eigenvalue weighted by atomic mass is 32.2. The van der Waals surface area contributed by atoms with Crippen molar-refractivity contribution in [3.05, 3.63) is 29.8 Å². The molecule has 1 aromatic rings. The van der Waals surface area contributed by atoms with E-state index in [9.17, 15) is 8.42 Å². The highest BCUT2D eigenvalue weighted by Gasteiger charge is 2.20. The van der Waals surface area contributed by atoms with Crippen molar-refractivity contribution >= 4 is 15.7 Å². The fourth-order valence-electron chi connectivity index (χ4n) is 1.96. The first-order chi connectivity index (χ1) is 8.55. The van der Waals surface area contributed by atoms with Crippen molar-refractivity contribution in [3.63, 3.8) is 0 Å². The summed E-state index contributed by atoms with van der Waals surface area (Å²) < 4.78 is 31.8. The summed E-state index contributed by atoms with van der Waals surface area (Å²) in [6.07, 6.45) is 1.73. The molecule has 6 heteroatoms. The van der Waals surface area contributed by atoms with Crippen molar-refractivity contribution in [2.24, 2.45) is 0 Å². The molecule has 2 rings (SSSR count). The number of nitrogen functional groups attached to an aromatic ring is 1. The number of ether oxygens (including phenoxy) is 1. The van der Waals surface area contributed by atoms with Crippen LogP contribution in [0, 0.1) is 0 Å². The zero-order valence-corrected chi connectivity index (χ0v) is 10.9. The van der Waals surface area contributed by atoms with Crippen LogP contribution in [0.5, 0.6) is 0 Å². The minimum atomic E-state index is -3.32. The van der Waals surface area contributed by atoms with E-state index < -0.39 is 10.0 Å². The van der Waals surface area contributed by atoms with Gasteiger partial charge in [0, 0.05) is 18.3 Å². The van der Waals surface area contributed by atoms with Gasteiger partial charge in [-0.05, 0) is 30.5 Å². The summed E-state index contributed by atoms with van der Waals surface area (Å²) in [5.74, 6) is -0.0240. The molecular weight excluding hydrogens is 252 g/mol. The molecule has 1 aliphatic heterocycles. The lowest BCUT2D eigenvalue weighted by Gasteiger charge is -2.22. The lowest BCUT2D eigenvalue weighted by Crippen LogP contribution is -2.41. The first kappa shape index (κ1) is 13.3. The molecule has 0 bridgehead atoms. The number of anilines is 1. The maximum absolute atomic E-state index is 12.0. The van der Waals surface area contributed by atoms with Gasteiger partial charge in [0.25, 0.3) is 0 Å². The van der Waals surface area contributed by atoms with Crippen LogP contribution in [0.2, 0.25) is 0 Å². The van der Waals surface area contributed by atoms with Crippen molar-refractivity contribution in [2.45, 2.75) is 24.6 Å². The van der Waals surface area contributed by atoms with Crippen molar-refractivity contribution in [2.75, 3.05) is 18.9 Å². The Hall–Kier alpha value is -1.11. The molecule has 0 aromatic heterocycles. The Morgan fingerprint density at radius 2 is 2.06 bits per heavy atom. The Labute approximate surface area is 107 Å². The molecule has 0 aliphatic carbocycles. The molecule has 18 heavy (non-hydrogen) atoms. The van der Waals surface area contributed by atoms with Crippen molar-refractivity contribution in [1.82, 2.24) is 4.72 Å². The first-order valence-corrected chi connectivity index (χ1v) is 7.62. The lowest BCUT2D eigenvalue weighted by molar-refractivity contribution is 0.0774. The average Bonchev–Trinajstić information content (AvgIpc) is 2.32. The first-order valence-electron chi connectivity index (χ1n) is 5.97. The quantitative estimate of drug-likeness (QED) is 0.795. The summed E-state index contributed by atoms with van der Waals surface area (Å²) in [4.78, 5) is 0. The number of hydrogen-bond donors (Lipinski definition) is 2. The molecule has 1 saturated heterocycles. The molecule has 0 spiro atoms. The van der Waals surface area contributed by atoms with Crippen molar-refractivity contribution < 1.29 is 13.2 Å². The molecule has 0 amide bonds. The predicted molar refractivity (Wildman–Crippen MR) is 70.5 cm³/mol. The second kappa shape index (κ2) is 5.69. The van der Waals surface area contributed by atoms with E-state index in [-0.39, 0.29) is 11.8 Å². The Balaban J connectivity index is 1.96. The smallest absolute Gasteiger partial charge is 0.216 e. The minimum Gasteiger partial charge on any atom is -0.399 e. The van der Waals surface area contributed by atoms with Gasteiger partial charge >= 0.3 is 0 Å². The molecular formula is C12H18N2O3S. The number of benzene rings is 1. The van der Waals surface area contributed by atoms with Crippen LogP contribution in [0.3, 0.4) is 0 Å². The van der Waals surface area contributed by atoms with Gasteiger partial charge in [-0.25, -0.2) is 13.1 Å². The van der Waals surface area contributed by atoms with Gasteiger partial charge in [0.05, 0.1) is 12.4 Å². The molecule has 100 valence electrons. The second-order valence-corrected chi connectivity index (χ2v) is 6.29. The normalized spacial score (nSPS) is 20.8. The van der Waals surface area contributed by atoms with Gasteiger partial charge in [0.2, 0.25) is 10.0 Å². The third kappa shape index (κ3) is 3.97. The summed E-state index contributed by atoms with van der Waals surface area (Å²) in [5.41, 5.74) is 6.92. The zero-order valence-electron chi connectivity index (χ0n) is 10.1. The van der Waals surface area contributed by atoms with E-state index in [1.165, 1.54) is 0 Å². The molecule has 1 unspecified atom stereocenters. The van der Waals surface area contributed by atoms with Crippen LogP contribution in [-0.4, -0.2) is 27.7 Å². The largest absolute Gasteiger partial charge is 0.399 e. The highest BCUT2D eigenvalue weighted by Crippen LogP contribution is 2.11. The second-order valence-electron chi connectivity index (χ2n) is 4.53. The Morgan fingerprint density at radius 1 is 1.33 bits per heavy atom. The topological polar surface area (TPSA) is 81.4 Å². The maximum atomic E-state index is 12.0. The zero-order chi connectivity index (χ0) is 13.0. The molecule has 0 radical (unpaired) electrons. The van der Waals surface area contributed by atoms with E-state index in [1.807, 2.05) is 0 Å².